The van der Waals surface area contributed by atoms with Gasteiger partial charge in [-0.05, 0) is 49.4 Å². The normalized spacial score (nSPS) is 24.4. The minimum atomic E-state index is -0.235. The van der Waals surface area contributed by atoms with Crippen molar-refractivity contribution in [3.63, 3.8) is 0 Å². The first-order chi connectivity index (χ1) is 8.15. The van der Waals surface area contributed by atoms with Crippen LogP contribution in [0.4, 0.5) is 0 Å². The molecule has 2 rings (SSSR count). The Hall–Kier alpha value is -1.02. The Morgan fingerprint density at radius 1 is 1.29 bits per heavy atom. The minimum absolute atomic E-state index is 0.0851. The van der Waals surface area contributed by atoms with Crippen LogP contribution >= 0.6 is 11.6 Å². The molecule has 1 aliphatic carbocycles. The van der Waals surface area contributed by atoms with E-state index in [0.29, 0.717) is 16.5 Å². The molecule has 1 aromatic carbocycles. The lowest BCUT2D eigenvalue weighted by Crippen LogP contribution is -2.24. The quantitative estimate of drug-likeness (QED) is 0.742. The van der Waals surface area contributed by atoms with Crippen molar-refractivity contribution in [2.24, 2.45) is 5.92 Å². The number of carbonyl (C=O) groups is 1. The van der Waals surface area contributed by atoms with Crippen molar-refractivity contribution in [2.45, 2.75) is 38.7 Å². The van der Waals surface area contributed by atoms with Crippen LogP contribution in [0.25, 0.3) is 0 Å². The molecule has 0 amide bonds. The Morgan fingerprint density at radius 2 is 2.00 bits per heavy atom. The van der Waals surface area contributed by atoms with Crippen molar-refractivity contribution in [2.75, 3.05) is 0 Å². The predicted octanol–water partition coefficient (Wildman–Crippen LogP) is 4.08. The van der Waals surface area contributed by atoms with Gasteiger partial charge >= 0.3 is 5.97 Å². The fraction of sp³-hybridized carbons (Fsp3) is 0.500. The molecule has 17 heavy (non-hydrogen) atoms. The summed E-state index contributed by atoms with van der Waals surface area (Å²) in [6.45, 7) is 2.21. The number of benzene rings is 1. The Bertz CT molecular complexity index is 386. The third kappa shape index (κ3) is 3.47. The second-order valence-electron chi connectivity index (χ2n) is 4.81. The first-order valence-electron chi connectivity index (χ1n) is 6.11. The number of esters is 1. The van der Waals surface area contributed by atoms with E-state index in [0.717, 1.165) is 19.3 Å². The van der Waals surface area contributed by atoms with Crippen molar-refractivity contribution >= 4 is 17.6 Å². The molecule has 3 heteroatoms. The molecular formula is C14H17ClO2. The second kappa shape index (κ2) is 5.54. The number of rotatable bonds is 2. The van der Waals surface area contributed by atoms with Crippen LogP contribution in [0.5, 0.6) is 0 Å². The van der Waals surface area contributed by atoms with E-state index in [9.17, 15) is 4.79 Å². The van der Waals surface area contributed by atoms with E-state index in [-0.39, 0.29) is 12.1 Å². The van der Waals surface area contributed by atoms with Crippen molar-refractivity contribution in [1.82, 2.24) is 0 Å². The topological polar surface area (TPSA) is 26.3 Å². The lowest BCUT2D eigenvalue weighted by Gasteiger charge is -2.26. The van der Waals surface area contributed by atoms with Gasteiger partial charge in [-0.2, -0.15) is 0 Å². The summed E-state index contributed by atoms with van der Waals surface area (Å²) in [5.74, 6) is 0.424. The van der Waals surface area contributed by atoms with Crippen LogP contribution in [0, 0.1) is 5.92 Å². The van der Waals surface area contributed by atoms with Gasteiger partial charge in [0.15, 0.2) is 0 Å². The molecular weight excluding hydrogens is 236 g/mol. The van der Waals surface area contributed by atoms with Gasteiger partial charge < -0.3 is 4.74 Å². The molecule has 0 unspecified atom stereocenters. The molecule has 1 saturated carbocycles. The molecule has 2 atom stereocenters. The third-order valence-corrected chi connectivity index (χ3v) is 3.49. The van der Waals surface area contributed by atoms with E-state index in [2.05, 4.69) is 6.92 Å². The fourth-order valence-electron chi connectivity index (χ4n) is 2.29. The van der Waals surface area contributed by atoms with Gasteiger partial charge in [0.2, 0.25) is 0 Å². The Labute approximate surface area is 107 Å². The van der Waals surface area contributed by atoms with E-state index < -0.39 is 0 Å². The zero-order chi connectivity index (χ0) is 12.3. The van der Waals surface area contributed by atoms with Gasteiger partial charge in [0.25, 0.3) is 0 Å². The van der Waals surface area contributed by atoms with Crippen molar-refractivity contribution in [3.05, 3.63) is 34.9 Å². The molecule has 0 saturated heterocycles. The van der Waals surface area contributed by atoms with E-state index in [4.69, 9.17) is 16.3 Å². The average molecular weight is 253 g/mol. The number of carbonyl (C=O) groups excluding carboxylic acids is 1. The monoisotopic (exact) mass is 252 g/mol. The molecule has 92 valence electrons. The molecule has 1 aromatic rings. The SMILES string of the molecule is C[C@@H]1CCC[C@@H](OC(=O)c2ccc(Cl)cc2)C1. The lowest BCUT2D eigenvalue weighted by molar-refractivity contribution is 0.0155. The number of ether oxygens (including phenoxy) is 1. The highest BCUT2D eigenvalue weighted by Gasteiger charge is 2.22. The molecule has 0 spiro atoms. The molecule has 0 aliphatic heterocycles. The van der Waals surface area contributed by atoms with Gasteiger partial charge in [-0.1, -0.05) is 24.9 Å². The second-order valence-corrected chi connectivity index (χ2v) is 5.24. The average Bonchev–Trinajstić information content (AvgIpc) is 2.29. The smallest absolute Gasteiger partial charge is 0.338 e. The fourth-order valence-corrected chi connectivity index (χ4v) is 2.42. The van der Waals surface area contributed by atoms with Crippen LogP contribution in [0.3, 0.4) is 0 Å². The summed E-state index contributed by atoms with van der Waals surface area (Å²) in [6.07, 6.45) is 4.46. The molecule has 1 fully saturated rings. The highest BCUT2D eigenvalue weighted by molar-refractivity contribution is 6.30. The lowest BCUT2D eigenvalue weighted by atomic mass is 9.89. The molecule has 1 aliphatic rings. The number of halogens is 1. The summed E-state index contributed by atoms with van der Waals surface area (Å²) >= 11 is 5.78. The first-order valence-corrected chi connectivity index (χ1v) is 6.49. The number of hydrogen-bond acceptors (Lipinski definition) is 2. The van der Waals surface area contributed by atoms with Gasteiger partial charge in [0.05, 0.1) is 5.56 Å². The summed E-state index contributed by atoms with van der Waals surface area (Å²) in [5, 5.41) is 0.632. The highest BCUT2D eigenvalue weighted by Crippen LogP contribution is 2.26. The van der Waals surface area contributed by atoms with Gasteiger partial charge in [0.1, 0.15) is 6.10 Å². The summed E-state index contributed by atoms with van der Waals surface area (Å²) in [4.78, 5) is 11.9. The van der Waals surface area contributed by atoms with Gasteiger partial charge in [-0.15, -0.1) is 0 Å². The van der Waals surface area contributed by atoms with E-state index >= 15 is 0 Å². The summed E-state index contributed by atoms with van der Waals surface area (Å²) in [5.41, 5.74) is 0.577. The molecule has 2 nitrogen and oxygen atoms in total. The van der Waals surface area contributed by atoms with Gasteiger partial charge in [-0.25, -0.2) is 4.79 Å². The number of hydrogen-bond donors (Lipinski definition) is 0. The zero-order valence-electron chi connectivity index (χ0n) is 9.99. The Balaban J connectivity index is 1.94. The van der Waals surface area contributed by atoms with Crippen LogP contribution in [0.15, 0.2) is 24.3 Å². The van der Waals surface area contributed by atoms with E-state index in [1.54, 1.807) is 24.3 Å². The van der Waals surface area contributed by atoms with Crippen molar-refractivity contribution in [3.8, 4) is 0 Å². The van der Waals surface area contributed by atoms with Crippen LogP contribution < -0.4 is 0 Å². The van der Waals surface area contributed by atoms with E-state index in [1.165, 1.54) is 6.42 Å². The summed E-state index contributed by atoms with van der Waals surface area (Å²) in [7, 11) is 0. The summed E-state index contributed by atoms with van der Waals surface area (Å²) in [6, 6.07) is 6.83. The van der Waals surface area contributed by atoms with Crippen LogP contribution in [0.2, 0.25) is 5.02 Å². The largest absolute Gasteiger partial charge is 0.459 e. The van der Waals surface area contributed by atoms with Gasteiger partial charge in [-0.3, -0.25) is 0 Å². The first kappa shape index (κ1) is 12.4. The third-order valence-electron chi connectivity index (χ3n) is 3.24. The van der Waals surface area contributed by atoms with Crippen LogP contribution in [0.1, 0.15) is 43.0 Å². The molecule has 0 aromatic heterocycles. The minimum Gasteiger partial charge on any atom is -0.459 e. The predicted molar refractivity (Wildman–Crippen MR) is 68.3 cm³/mol. The molecule has 0 heterocycles. The molecule has 0 bridgehead atoms. The highest BCUT2D eigenvalue weighted by atomic mass is 35.5. The van der Waals surface area contributed by atoms with Crippen LogP contribution in [-0.4, -0.2) is 12.1 Å². The van der Waals surface area contributed by atoms with Crippen molar-refractivity contribution < 1.29 is 9.53 Å². The zero-order valence-corrected chi connectivity index (χ0v) is 10.7. The standard InChI is InChI=1S/C14H17ClO2/c1-10-3-2-4-13(9-10)17-14(16)11-5-7-12(15)8-6-11/h5-8,10,13H,2-4,9H2,1H3/t10-,13-/m1/s1. The Kier molecular flexibility index (Phi) is 4.06. The molecule has 0 N–H and O–H groups in total. The van der Waals surface area contributed by atoms with Gasteiger partial charge in [0, 0.05) is 5.02 Å². The Morgan fingerprint density at radius 3 is 2.65 bits per heavy atom. The maximum Gasteiger partial charge on any atom is 0.338 e. The van der Waals surface area contributed by atoms with Crippen molar-refractivity contribution in [1.29, 1.82) is 0 Å². The van der Waals surface area contributed by atoms with E-state index in [1.807, 2.05) is 0 Å². The molecule has 0 radical (unpaired) electrons. The maximum atomic E-state index is 11.9. The van der Waals surface area contributed by atoms with Crippen LogP contribution in [-0.2, 0) is 4.74 Å². The summed E-state index contributed by atoms with van der Waals surface area (Å²) < 4.78 is 5.51. The maximum absolute atomic E-state index is 11.9.